The van der Waals surface area contributed by atoms with Gasteiger partial charge in [-0.05, 0) is 11.8 Å². The fourth-order valence-electron chi connectivity index (χ4n) is 3.67. The largest absolute Gasteiger partial charge is 0.436 e. The van der Waals surface area contributed by atoms with Crippen LogP contribution in [0.3, 0.4) is 0 Å². The molecule has 3 aliphatic rings. The van der Waals surface area contributed by atoms with Gasteiger partial charge in [0.25, 0.3) is 0 Å². The molecule has 1 aromatic rings. The number of ether oxygens (including phenoxy) is 3. The van der Waals surface area contributed by atoms with E-state index >= 15 is 0 Å². The van der Waals surface area contributed by atoms with Gasteiger partial charge < -0.3 is 24.3 Å². The average molecular weight is 324 g/mol. The Morgan fingerprint density at radius 2 is 2.04 bits per heavy atom. The first-order chi connectivity index (χ1) is 11.0. The number of hydrogen-bond donors (Lipinski definition) is 0. The van der Waals surface area contributed by atoms with Gasteiger partial charge in [0.1, 0.15) is 11.8 Å². The molecule has 126 valence electrons. The highest BCUT2D eigenvalue weighted by Gasteiger charge is 2.44. The summed E-state index contributed by atoms with van der Waals surface area (Å²) < 4.78 is 19.1. The van der Waals surface area contributed by atoms with Crippen molar-refractivity contribution in [1.82, 2.24) is 14.5 Å². The van der Waals surface area contributed by atoms with E-state index in [0.717, 1.165) is 32.5 Å². The van der Waals surface area contributed by atoms with Crippen LogP contribution in [-0.2, 0) is 16.0 Å². The number of nitrogens with zero attached hydrogens (tertiary/aromatic N) is 4. The Hall–Kier alpha value is -1.71. The van der Waals surface area contributed by atoms with Gasteiger partial charge in [-0.25, -0.2) is 0 Å². The zero-order chi connectivity index (χ0) is 16.1. The molecule has 4 heterocycles. The van der Waals surface area contributed by atoms with Gasteiger partial charge in [-0.2, -0.15) is 0 Å². The second kappa shape index (κ2) is 5.15. The topological polar surface area (TPSA) is 91.9 Å². The Balaban J connectivity index is 1.36. The molecule has 1 aromatic heterocycles. The van der Waals surface area contributed by atoms with Crippen LogP contribution in [0.25, 0.3) is 0 Å². The lowest BCUT2D eigenvalue weighted by Gasteiger charge is -2.39. The molecule has 0 saturated carbocycles. The molecule has 0 aromatic carbocycles. The Morgan fingerprint density at radius 3 is 2.65 bits per heavy atom. The van der Waals surface area contributed by atoms with Crippen LogP contribution in [0.4, 0.5) is 5.82 Å². The number of rotatable bonds is 3. The van der Waals surface area contributed by atoms with Crippen molar-refractivity contribution < 1.29 is 19.1 Å². The first-order valence-electron chi connectivity index (χ1n) is 7.88. The van der Waals surface area contributed by atoms with E-state index in [0.29, 0.717) is 25.8 Å². The fraction of sp³-hybridized carbons (Fsp3) is 0.786. The van der Waals surface area contributed by atoms with Gasteiger partial charge >= 0.3 is 11.8 Å². The maximum absolute atomic E-state index is 10.7. The van der Waals surface area contributed by atoms with Gasteiger partial charge in [0, 0.05) is 37.5 Å². The number of aromatic nitrogens is 2. The first-order valence-corrected chi connectivity index (χ1v) is 7.88. The van der Waals surface area contributed by atoms with E-state index in [1.807, 2.05) is 6.92 Å². The number of likely N-dealkylation sites (tertiary alicyclic amines) is 1. The van der Waals surface area contributed by atoms with E-state index in [1.165, 1.54) is 6.20 Å². The van der Waals surface area contributed by atoms with Gasteiger partial charge in [0.15, 0.2) is 5.79 Å². The van der Waals surface area contributed by atoms with Crippen molar-refractivity contribution in [3.05, 3.63) is 16.3 Å². The third-order valence-electron chi connectivity index (χ3n) is 4.75. The summed E-state index contributed by atoms with van der Waals surface area (Å²) in [5.41, 5.74) is -0.417. The van der Waals surface area contributed by atoms with Gasteiger partial charge in [-0.15, -0.1) is 0 Å². The summed E-state index contributed by atoms with van der Waals surface area (Å²) in [6.45, 7) is 6.47. The maximum Gasteiger partial charge on any atom is 0.415 e. The summed E-state index contributed by atoms with van der Waals surface area (Å²) >= 11 is 0. The number of imidazole rings is 1. The van der Waals surface area contributed by atoms with Crippen LogP contribution in [0, 0.1) is 10.1 Å². The summed E-state index contributed by atoms with van der Waals surface area (Å²) in [6.07, 6.45) is 3.16. The van der Waals surface area contributed by atoms with Crippen molar-refractivity contribution in [1.29, 1.82) is 0 Å². The van der Waals surface area contributed by atoms with Crippen LogP contribution in [-0.4, -0.2) is 63.6 Å². The summed E-state index contributed by atoms with van der Waals surface area (Å²) in [5.74, 6) is -0.543. The molecule has 0 aliphatic carbocycles. The summed E-state index contributed by atoms with van der Waals surface area (Å²) in [6, 6.07) is 0.329. The molecule has 3 aliphatic heterocycles. The molecule has 23 heavy (non-hydrogen) atoms. The van der Waals surface area contributed by atoms with Crippen molar-refractivity contribution in [2.75, 3.05) is 32.8 Å². The molecule has 2 saturated heterocycles. The zero-order valence-corrected chi connectivity index (χ0v) is 13.1. The van der Waals surface area contributed by atoms with Crippen LogP contribution < -0.4 is 4.74 Å². The SMILES string of the molecule is C[C@]1(CN2CCC3(CC2)OCCO3)Cn2cc([N+](=O)[O-])nc2O1. The van der Waals surface area contributed by atoms with Crippen molar-refractivity contribution >= 4 is 5.82 Å². The highest BCUT2D eigenvalue weighted by atomic mass is 16.7. The molecule has 9 nitrogen and oxygen atoms in total. The third-order valence-corrected chi connectivity index (χ3v) is 4.75. The average Bonchev–Trinajstić information content (AvgIpc) is 3.16. The van der Waals surface area contributed by atoms with Crippen LogP contribution >= 0.6 is 0 Å². The molecule has 0 bridgehead atoms. The smallest absolute Gasteiger partial charge is 0.415 e. The number of nitro groups is 1. The molecule has 0 radical (unpaired) electrons. The Bertz CT molecular complexity index is 591. The Morgan fingerprint density at radius 1 is 1.35 bits per heavy atom. The summed E-state index contributed by atoms with van der Waals surface area (Å²) in [5, 5.41) is 10.7. The first kappa shape index (κ1) is 14.9. The van der Waals surface area contributed by atoms with E-state index in [4.69, 9.17) is 14.2 Å². The van der Waals surface area contributed by atoms with Gasteiger partial charge in [0.05, 0.1) is 19.8 Å². The minimum absolute atomic E-state index is 0.169. The molecule has 1 spiro atoms. The highest BCUT2D eigenvalue weighted by Crippen LogP contribution is 2.34. The standard InChI is InChI=1S/C14H20N4O5/c1-13(10-17-8-11(18(19)20)15-12(17)23-13)9-16-4-2-14(3-5-16)21-6-7-22-14/h8H,2-7,9-10H2,1H3/t13-/m0/s1. The van der Waals surface area contributed by atoms with Gasteiger partial charge in [-0.1, -0.05) is 0 Å². The summed E-state index contributed by atoms with van der Waals surface area (Å²) in [7, 11) is 0. The molecular weight excluding hydrogens is 304 g/mol. The highest BCUT2D eigenvalue weighted by molar-refractivity contribution is 5.23. The molecule has 9 heteroatoms. The predicted molar refractivity (Wildman–Crippen MR) is 78.2 cm³/mol. The molecule has 0 N–H and O–H groups in total. The zero-order valence-electron chi connectivity index (χ0n) is 13.1. The van der Waals surface area contributed by atoms with Crippen LogP contribution in [0.2, 0.25) is 0 Å². The lowest BCUT2D eigenvalue weighted by molar-refractivity contribution is -0.389. The van der Waals surface area contributed by atoms with E-state index in [2.05, 4.69) is 9.88 Å². The molecule has 0 amide bonds. The van der Waals surface area contributed by atoms with Crippen LogP contribution in [0.15, 0.2) is 6.20 Å². The van der Waals surface area contributed by atoms with E-state index in [-0.39, 0.29) is 11.6 Å². The van der Waals surface area contributed by atoms with Gasteiger partial charge in [0.2, 0.25) is 0 Å². The van der Waals surface area contributed by atoms with E-state index in [1.54, 1.807) is 4.57 Å². The number of hydrogen-bond acceptors (Lipinski definition) is 7. The Kier molecular flexibility index (Phi) is 3.33. The lowest BCUT2D eigenvalue weighted by Crippen LogP contribution is -2.51. The van der Waals surface area contributed by atoms with Crippen LogP contribution in [0.5, 0.6) is 6.01 Å². The predicted octanol–water partition coefficient (Wildman–Crippen LogP) is 0.781. The second-order valence-corrected chi connectivity index (χ2v) is 6.70. The van der Waals surface area contributed by atoms with Crippen molar-refractivity contribution in [3.63, 3.8) is 0 Å². The Labute approximate surface area is 133 Å². The molecule has 4 rings (SSSR count). The molecule has 0 unspecified atom stereocenters. The second-order valence-electron chi connectivity index (χ2n) is 6.70. The fourth-order valence-corrected chi connectivity index (χ4v) is 3.67. The lowest BCUT2D eigenvalue weighted by atomic mass is 10.0. The molecular formula is C14H20N4O5. The van der Waals surface area contributed by atoms with Crippen molar-refractivity contribution in [3.8, 4) is 6.01 Å². The molecule has 1 atom stereocenters. The van der Waals surface area contributed by atoms with E-state index < -0.39 is 10.5 Å². The molecule has 2 fully saturated rings. The minimum atomic E-state index is -0.502. The van der Waals surface area contributed by atoms with Crippen molar-refractivity contribution in [2.24, 2.45) is 0 Å². The normalized spacial score (nSPS) is 29.6. The van der Waals surface area contributed by atoms with E-state index in [9.17, 15) is 10.1 Å². The van der Waals surface area contributed by atoms with Gasteiger partial charge in [-0.3, -0.25) is 9.47 Å². The van der Waals surface area contributed by atoms with Crippen LogP contribution in [0.1, 0.15) is 19.8 Å². The quantitative estimate of drug-likeness (QED) is 0.599. The van der Waals surface area contributed by atoms with Crippen molar-refractivity contribution in [2.45, 2.75) is 37.7 Å². The maximum atomic E-state index is 10.7. The summed E-state index contributed by atoms with van der Waals surface area (Å²) in [4.78, 5) is 16.5. The minimum Gasteiger partial charge on any atom is -0.436 e. The number of fused-ring (bicyclic) bond motifs is 1. The number of piperidine rings is 1. The monoisotopic (exact) mass is 324 g/mol. The third kappa shape index (κ3) is 2.68.